The second kappa shape index (κ2) is 6.88. The largest absolute Gasteiger partial charge is 0.337 e. The standard InChI is InChI=1S/C14H13N5O2S2/c1-19(13(20)10-8-23-14(16-10)22-2)7-11-17-12(18-21-11)9-3-5-15-6-4-9/h3-6,8H,7H2,1-2H3. The molecular formula is C14H13N5O2S2. The maximum Gasteiger partial charge on any atom is 0.273 e. The number of thioether (sulfide) groups is 1. The third-order valence-electron chi connectivity index (χ3n) is 3.00. The van der Waals surface area contributed by atoms with E-state index in [9.17, 15) is 4.79 Å². The van der Waals surface area contributed by atoms with E-state index in [1.54, 1.807) is 37.0 Å². The van der Waals surface area contributed by atoms with Crippen molar-refractivity contribution in [3.63, 3.8) is 0 Å². The molecule has 0 saturated carbocycles. The highest BCUT2D eigenvalue weighted by atomic mass is 32.2. The minimum absolute atomic E-state index is 0.176. The summed E-state index contributed by atoms with van der Waals surface area (Å²) in [4.78, 5) is 26.3. The van der Waals surface area contributed by atoms with Gasteiger partial charge in [-0.05, 0) is 18.4 Å². The SMILES string of the molecule is CSc1nc(C(=O)N(C)Cc2nc(-c3ccncc3)no2)cs1. The van der Waals surface area contributed by atoms with Crippen molar-refractivity contribution >= 4 is 29.0 Å². The molecular weight excluding hydrogens is 334 g/mol. The van der Waals surface area contributed by atoms with Gasteiger partial charge in [-0.2, -0.15) is 4.98 Å². The Morgan fingerprint density at radius 3 is 2.83 bits per heavy atom. The van der Waals surface area contributed by atoms with E-state index in [0.29, 0.717) is 17.4 Å². The maximum absolute atomic E-state index is 12.3. The monoisotopic (exact) mass is 347 g/mol. The van der Waals surface area contributed by atoms with Gasteiger partial charge in [-0.25, -0.2) is 4.98 Å². The Labute approximate surface area is 140 Å². The first kappa shape index (κ1) is 15.6. The van der Waals surface area contributed by atoms with Crippen molar-refractivity contribution in [2.45, 2.75) is 10.9 Å². The van der Waals surface area contributed by atoms with Gasteiger partial charge >= 0.3 is 0 Å². The molecule has 0 aromatic carbocycles. The third kappa shape index (κ3) is 3.57. The highest BCUT2D eigenvalue weighted by Gasteiger charge is 2.18. The molecule has 0 N–H and O–H groups in total. The van der Waals surface area contributed by atoms with Crippen LogP contribution in [0, 0.1) is 0 Å². The average Bonchev–Trinajstić information content (AvgIpc) is 3.24. The Bertz CT molecular complexity index is 802. The second-order valence-corrected chi connectivity index (χ2v) is 6.52. The normalized spacial score (nSPS) is 10.7. The lowest BCUT2D eigenvalue weighted by atomic mass is 10.2. The summed E-state index contributed by atoms with van der Waals surface area (Å²) < 4.78 is 6.07. The molecule has 9 heteroatoms. The van der Waals surface area contributed by atoms with Crippen LogP contribution < -0.4 is 0 Å². The van der Waals surface area contributed by atoms with E-state index in [1.807, 2.05) is 6.26 Å². The maximum atomic E-state index is 12.3. The van der Waals surface area contributed by atoms with Crippen molar-refractivity contribution in [3.05, 3.63) is 41.5 Å². The smallest absolute Gasteiger partial charge is 0.273 e. The lowest BCUT2D eigenvalue weighted by Crippen LogP contribution is -2.26. The molecule has 0 unspecified atom stereocenters. The summed E-state index contributed by atoms with van der Waals surface area (Å²) >= 11 is 2.96. The zero-order valence-electron chi connectivity index (χ0n) is 12.5. The molecule has 0 bridgehead atoms. The molecule has 3 heterocycles. The topological polar surface area (TPSA) is 85.0 Å². The van der Waals surface area contributed by atoms with Crippen molar-refractivity contribution < 1.29 is 9.32 Å². The fourth-order valence-electron chi connectivity index (χ4n) is 1.86. The summed E-state index contributed by atoms with van der Waals surface area (Å²) in [7, 11) is 1.68. The van der Waals surface area contributed by atoms with Crippen LogP contribution in [0.2, 0.25) is 0 Å². The number of hydrogen-bond donors (Lipinski definition) is 0. The molecule has 3 aromatic rings. The first-order valence-electron chi connectivity index (χ1n) is 6.65. The van der Waals surface area contributed by atoms with Crippen LogP contribution in [-0.2, 0) is 6.54 Å². The van der Waals surface area contributed by atoms with E-state index < -0.39 is 0 Å². The van der Waals surface area contributed by atoms with Gasteiger partial charge in [0.2, 0.25) is 11.7 Å². The number of amides is 1. The summed E-state index contributed by atoms with van der Waals surface area (Å²) in [5, 5.41) is 5.67. The summed E-state index contributed by atoms with van der Waals surface area (Å²) in [5.74, 6) is 0.666. The average molecular weight is 347 g/mol. The minimum Gasteiger partial charge on any atom is -0.337 e. The van der Waals surface area contributed by atoms with E-state index >= 15 is 0 Å². The molecule has 0 fully saturated rings. The number of pyridine rings is 1. The van der Waals surface area contributed by atoms with Crippen LogP contribution in [0.4, 0.5) is 0 Å². The van der Waals surface area contributed by atoms with Gasteiger partial charge in [0.05, 0.1) is 0 Å². The highest BCUT2D eigenvalue weighted by Crippen LogP contribution is 2.21. The Kier molecular flexibility index (Phi) is 4.68. The van der Waals surface area contributed by atoms with E-state index in [1.165, 1.54) is 28.0 Å². The number of carbonyl (C=O) groups excluding carboxylic acids is 1. The summed E-state index contributed by atoms with van der Waals surface area (Å²) in [5.41, 5.74) is 1.24. The first-order valence-corrected chi connectivity index (χ1v) is 8.76. The van der Waals surface area contributed by atoms with Crippen molar-refractivity contribution in [2.75, 3.05) is 13.3 Å². The molecule has 3 aromatic heterocycles. The second-order valence-electron chi connectivity index (χ2n) is 4.61. The van der Waals surface area contributed by atoms with Crippen LogP contribution in [0.15, 0.2) is 38.8 Å². The Balaban J connectivity index is 1.69. The van der Waals surface area contributed by atoms with Gasteiger partial charge in [-0.1, -0.05) is 16.9 Å². The Morgan fingerprint density at radius 1 is 1.35 bits per heavy atom. The summed E-state index contributed by atoms with van der Waals surface area (Å²) in [6, 6.07) is 3.59. The fraction of sp³-hybridized carbons (Fsp3) is 0.214. The number of carbonyl (C=O) groups is 1. The van der Waals surface area contributed by atoms with Gasteiger partial charge in [0, 0.05) is 30.4 Å². The fourth-order valence-corrected chi connectivity index (χ4v) is 3.09. The molecule has 3 rings (SSSR count). The minimum atomic E-state index is -0.176. The molecule has 23 heavy (non-hydrogen) atoms. The number of rotatable bonds is 5. The lowest BCUT2D eigenvalue weighted by molar-refractivity contribution is 0.0764. The van der Waals surface area contributed by atoms with Crippen molar-refractivity contribution in [2.24, 2.45) is 0 Å². The third-order valence-corrected chi connectivity index (χ3v) is 4.87. The predicted octanol–water partition coefficient (Wildman–Crippen LogP) is 2.58. The quantitative estimate of drug-likeness (QED) is 0.656. The first-order chi connectivity index (χ1) is 11.2. The van der Waals surface area contributed by atoms with Crippen LogP contribution >= 0.6 is 23.1 Å². The number of hydrogen-bond acceptors (Lipinski definition) is 8. The van der Waals surface area contributed by atoms with Crippen molar-refractivity contribution in [1.29, 1.82) is 0 Å². The van der Waals surface area contributed by atoms with Crippen LogP contribution in [-0.4, -0.2) is 44.2 Å². The van der Waals surface area contributed by atoms with Crippen molar-refractivity contribution in [1.82, 2.24) is 25.0 Å². The van der Waals surface area contributed by atoms with Crippen molar-refractivity contribution in [3.8, 4) is 11.4 Å². The van der Waals surface area contributed by atoms with Gasteiger partial charge in [-0.15, -0.1) is 11.3 Å². The molecule has 118 valence electrons. The molecule has 1 amide bonds. The van der Waals surface area contributed by atoms with Crippen LogP contribution in [0.5, 0.6) is 0 Å². The zero-order chi connectivity index (χ0) is 16.2. The molecule has 0 aliphatic rings. The number of nitrogens with zero attached hydrogens (tertiary/aromatic N) is 5. The van der Waals surface area contributed by atoms with Gasteiger partial charge < -0.3 is 9.42 Å². The molecule has 0 radical (unpaired) electrons. The van der Waals surface area contributed by atoms with Crippen LogP contribution in [0.25, 0.3) is 11.4 Å². The van der Waals surface area contributed by atoms with E-state index in [0.717, 1.165) is 9.90 Å². The summed E-state index contributed by atoms with van der Waals surface area (Å²) in [6.45, 7) is 0.225. The summed E-state index contributed by atoms with van der Waals surface area (Å²) in [6.07, 6.45) is 5.25. The predicted molar refractivity (Wildman–Crippen MR) is 87.2 cm³/mol. The number of aromatic nitrogens is 4. The zero-order valence-corrected chi connectivity index (χ0v) is 14.1. The molecule has 0 atom stereocenters. The molecule has 0 aliphatic carbocycles. The molecule has 7 nitrogen and oxygen atoms in total. The van der Waals surface area contributed by atoms with E-state index in [2.05, 4.69) is 20.1 Å². The lowest BCUT2D eigenvalue weighted by Gasteiger charge is -2.12. The Morgan fingerprint density at radius 2 is 2.13 bits per heavy atom. The van der Waals surface area contributed by atoms with Crippen LogP contribution in [0.3, 0.4) is 0 Å². The van der Waals surface area contributed by atoms with E-state index in [-0.39, 0.29) is 12.5 Å². The molecule has 0 aliphatic heterocycles. The molecule has 0 spiro atoms. The Hall–Kier alpha value is -2.26. The number of thiazole rings is 1. The van der Waals surface area contributed by atoms with Gasteiger partial charge in [0.25, 0.3) is 5.91 Å². The van der Waals surface area contributed by atoms with E-state index in [4.69, 9.17) is 4.52 Å². The van der Waals surface area contributed by atoms with Gasteiger partial charge in [-0.3, -0.25) is 9.78 Å². The highest BCUT2D eigenvalue weighted by molar-refractivity contribution is 8.00. The molecule has 0 saturated heterocycles. The van der Waals surface area contributed by atoms with Crippen LogP contribution in [0.1, 0.15) is 16.4 Å². The van der Waals surface area contributed by atoms with Gasteiger partial charge in [0.1, 0.15) is 16.6 Å². The van der Waals surface area contributed by atoms with Gasteiger partial charge in [0.15, 0.2) is 0 Å².